The molecule has 0 spiro atoms. The lowest BCUT2D eigenvalue weighted by Gasteiger charge is -2.16. The van der Waals surface area contributed by atoms with Crippen molar-refractivity contribution in [3.8, 4) is 0 Å². The normalized spacial score (nSPS) is 10.8. The Kier molecular flexibility index (Phi) is 7.04. The highest BCUT2D eigenvalue weighted by molar-refractivity contribution is 4.56. The predicted octanol–water partition coefficient (Wildman–Crippen LogP) is 2.15. The zero-order valence-corrected chi connectivity index (χ0v) is 7.10. The van der Waals surface area contributed by atoms with Crippen LogP contribution in [-0.2, 0) is 0 Å². The van der Waals surface area contributed by atoms with E-state index in [-0.39, 0.29) is 0 Å². The van der Waals surface area contributed by atoms with Crippen LogP contribution in [0.4, 0.5) is 0 Å². The molecular weight excluding hydrogens is 122 g/mol. The summed E-state index contributed by atoms with van der Waals surface area (Å²) in [6.07, 6.45) is 3.58. The molecule has 0 aliphatic carbocycles. The van der Waals surface area contributed by atoms with E-state index in [4.69, 9.17) is 0 Å². The van der Waals surface area contributed by atoms with Gasteiger partial charge in [-0.2, -0.15) is 0 Å². The molecule has 0 aliphatic rings. The number of hydrogen-bond acceptors (Lipinski definition) is 1. The summed E-state index contributed by atoms with van der Waals surface area (Å²) in [6.45, 7) is 13.1. The van der Waals surface area contributed by atoms with E-state index in [0.29, 0.717) is 0 Å². The van der Waals surface area contributed by atoms with Crippen molar-refractivity contribution in [1.29, 1.82) is 0 Å². The van der Waals surface area contributed by atoms with Crippen molar-refractivity contribution in [2.45, 2.75) is 26.2 Å². The topological polar surface area (TPSA) is 3.24 Å². The first kappa shape index (κ1) is 9.96. The van der Waals surface area contributed by atoms with Crippen molar-refractivity contribution in [3.05, 3.63) is 13.8 Å². The Bertz CT molecular complexity index is 57.7. The summed E-state index contributed by atoms with van der Waals surface area (Å²) in [5.74, 6) is 0. The molecule has 0 unspecified atom stereocenters. The van der Waals surface area contributed by atoms with Gasteiger partial charge in [0.05, 0.1) is 0 Å². The third kappa shape index (κ3) is 4.80. The van der Waals surface area contributed by atoms with E-state index in [1.165, 1.54) is 19.4 Å². The summed E-state index contributed by atoms with van der Waals surface area (Å²) in [6, 6.07) is 0. The molecule has 0 rings (SSSR count). The van der Waals surface area contributed by atoms with Crippen LogP contribution >= 0.6 is 0 Å². The quantitative estimate of drug-likeness (QED) is 0.512. The molecule has 1 nitrogen and oxygen atoms in total. The SMILES string of the molecule is [CH2]CCCCN(C[CH2])CC. The lowest BCUT2D eigenvalue weighted by atomic mass is 10.2. The molecule has 0 saturated carbocycles. The van der Waals surface area contributed by atoms with E-state index in [9.17, 15) is 0 Å². The second-order valence-corrected chi connectivity index (χ2v) is 2.49. The van der Waals surface area contributed by atoms with Crippen LogP contribution in [0, 0.1) is 13.8 Å². The summed E-state index contributed by atoms with van der Waals surface area (Å²) in [4.78, 5) is 2.34. The van der Waals surface area contributed by atoms with E-state index in [0.717, 1.165) is 19.5 Å². The van der Waals surface area contributed by atoms with E-state index < -0.39 is 0 Å². The summed E-state index contributed by atoms with van der Waals surface area (Å²) in [5, 5.41) is 0. The van der Waals surface area contributed by atoms with Gasteiger partial charge in [-0.3, -0.25) is 0 Å². The van der Waals surface area contributed by atoms with Crippen molar-refractivity contribution >= 4 is 0 Å². The molecule has 0 amide bonds. The zero-order chi connectivity index (χ0) is 7.82. The van der Waals surface area contributed by atoms with E-state index in [1.54, 1.807) is 0 Å². The fourth-order valence-corrected chi connectivity index (χ4v) is 0.940. The van der Waals surface area contributed by atoms with Gasteiger partial charge in [-0.05, 0) is 33.0 Å². The van der Waals surface area contributed by atoms with E-state index in [2.05, 4.69) is 25.7 Å². The number of hydrogen-bond donors (Lipinski definition) is 0. The van der Waals surface area contributed by atoms with Gasteiger partial charge in [0.2, 0.25) is 0 Å². The molecule has 60 valence electrons. The molecule has 0 fully saturated rings. The molecule has 0 aromatic heterocycles. The Labute approximate surface area is 65.4 Å². The summed E-state index contributed by atoms with van der Waals surface area (Å²) < 4.78 is 0. The molecule has 0 atom stereocenters. The second-order valence-electron chi connectivity index (χ2n) is 2.49. The Balaban J connectivity index is 3.09. The van der Waals surface area contributed by atoms with Crippen molar-refractivity contribution < 1.29 is 0 Å². The summed E-state index contributed by atoms with van der Waals surface area (Å²) in [7, 11) is 0. The fraction of sp³-hybridized carbons (Fsp3) is 0.778. The average Bonchev–Trinajstić information content (AvgIpc) is 1.99. The Morgan fingerprint density at radius 1 is 1.20 bits per heavy atom. The molecule has 0 aliphatic heterocycles. The smallest absolute Gasteiger partial charge is 0.00184 e. The van der Waals surface area contributed by atoms with Gasteiger partial charge in [-0.25, -0.2) is 0 Å². The highest BCUT2D eigenvalue weighted by Gasteiger charge is 1.95. The van der Waals surface area contributed by atoms with Crippen molar-refractivity contribution in [1.82, 2.24) is 4.90 Å². The molecule has 10 heavy (non-hydrogen) atoms. The summed E-state index contributed by atoms with van der Waals surface area (Å²) >= 11 is 0. The highest BCUT2D eigenvalue weighted by Crippen LogP contribution is 1.96. The predicted molar refractivity (Wildman–Crippen MR) is 46.7 cm³/mol. The molecule has 0 heterocycles. The van der Waals surface area contributed by atoms with Gasteiger partial charge < -0.3 is 4.90 Å². The second kappa shape index (κ2) is 7.07. The van der Waals surface area contributed by atoms with Crippen LogP contribution < -0.4 is 0 Å². The Morgan fingerprint density at radius 2 is 1.90 bits per heavy atom. The monoisotopic (exact) mass is 141 g/mol. The van der Waals surface area contributed by atoms with Gasteiger partial charge in [-0.1, -0.05) is 26.7 Å². The van der Waals surface area contributed by atoms with Crippen LogP contribution in [0.15, 0.2) is 0 Å². The minimum atomic E-state index is 0.938. The van der Waals surface area contributed by atoms with Gasteiger partial charge in [0.1, 0.15) is 0 Å². The Morgan fingerprint density at radius 3 is 2.30 bits per heavy atom. The third-order valence-electron chi connectivity index (χ3n) is 1.74. The largest absolute Gasteiger partial charge is 0.304 e. The standard InChI is InChI=1S/C9H19N/c1-4-7-8-9-10(5-2)6-3/h1-2,4-9H2,3H3. The molecule has 0 N–H and O–H groups in total. The van der Waals surface area contributed by atoms with Gasteiger partial charge in [0, 0.05) is 0 Å². The van der Waals surface area contributed by atoms with Crippen LogP contribution in [0.25, 0.3) is 0 Å². The van der Waals surface area contributed by atoms with Gasteiger partial charge in [-0.15, -0.1) is 0 Å². The first-order chi connectivity index (χ1) is 4.85. The van der Waals surface area contributed by atoms with Gasteiger partial charge in [0.25, 0.3) is 0 Å². The Hall–Kier alpha value is -0.0400. The maximum atomic E-state index is 3.85. The summed E-state index contributed by atoms with van der Waals surface area (Å²) in [5.41, 5.74) is 0. The van der Waals surface area contributed by atoms with E-state index in [1.807, 2.05) is 0 Å². The molecule has 0 aromatic carbocycles. The minimum Gasteiger partial charge on any atom is -0.304 e. The minimum absolute atomic E-state index is 0.938. The average molecular weight is 141 g/mol. The lowest BCUT2D eigenvalue weighted by Crippen LogP contribution is -2.23. The molecular formula is C9H19N. The maximum Gasteiger partial charge on any atom is -0.00184 e. The lowest BCUT2D eigenvalue weighted by molar-refractivity contribution is 0.310. The van der Waals surface area contributed by atoms with E-state index >= 15 is 0 Å². The number of unbranched alkanes of at least 4 members (excludes halogenated alkanes) is 2. The molecule has 0 aromatic rings. The van der Waals surface area contributed by atoms with Crippen LogP contribution in [0.2, 0.25) is 0 Å². The number of rotatable bonds is 6. The first-order valence-corrected chi connectivity index (χ1v) is 4.16. The highest BCUT2D eigenvalue weighted by atomic mass is 15.1. The van der Waals surface area contributed by atoms with Crippen LogP contribution in [-0.4, -0.2) is 24.5 Å². The van der Waals surface area contributed by atoms with Crippen LogP contribution in [0.3, 0.4) is 0 Å². The van der Waals surface area contributed by atoms with Crippen LogP contribution in [0.1, 0.15) is 26.2 Å². The van der Waals surface area contributed by atoms with Crippen LogP contribution in [0.5, 0.6) is 0 Å². The fourth-order valence-electron chi connectivity index (χ4n) is 0.940. The molecule has 0 saturated heterocycles. The number of nitrogens with zero attached hydrogens (tertiary/aromatic N) is 1. The zero-order valence-electron chi connectivity index (χ0n) is 7.10. The van der Waals surface area contributed by atoms with Crippen molar-refractivity contribution in [2.75, 3.05) is 19.6 Å². The molecule has 1 heteroatoms. The molecule has 2 radical (unpaired) electrons. The van der Waals surface area contributed by atoms with Gasteiger partial charge in [0.15, 0.2) is 0 Å². The van der Waals surface area contributed by atoms with Crippen molar-refractivity contribution in [3.63, 3.8) is 0 Å². The van der Waals surface area contributed by atoms with Crippen molar-refractivity contribution in [2.24, 2.45) is 0 Å². The maximum absolute atomic E-state index is 3.85. The van der Waals surface area contributed by atoms with Gasteiger partial charge >= 0.3 is 0 Å². The first-order valence-electron chi connectivity index (χ1n) is 4.16. The third-order valence-corrected chi connectivity index (χ3v) is 1.74. The molecule has 0 bridgehead atoms.